The monoisotopic (exact) mass is 192 g/mol. The number of carbonyl (C=O) groups is 2. The molecule has 0 radical (unpaired) electrons. The van der Waals surface area contributed by atoms with E-state index in [-0.39, 0.29) is 13.0 Å². The highest BCUT2D eigenvalue weighted by molar-refractivity contribution is 7.80. The summed E-state index contributed by atoms with van der Waals surface area (Å²) in [7, 11) is 0. The van der Waals surface area contributed by atoms with Crippen molar-refractivity contribution in [2.24, 2.45) is 5.92 Å². The van der Waals surface area contributed by atoms with Crippen LogP contribution in [0.2, 0.25) is 0 Å². The van der Waals surface area contributed by atoms with E-state index >= 15 is 0 Å². The van der Waals surface area contributed by atoms with Crippen LogP contribution in [-0.4, -0.2) is 29.4 Å². The number of esters is 1. The largest absolute Gasteiger partial charge is 0.481 e. The van der Waals surface area contributed by atoms with Crippen molar-refractivity contribution in [3.63, 3.8) is 0 Å². The summed E-state index contributed by atoms with van der Waals surface area (Å²) >= 11 is 3.84. The standard InChI is InChI=1S/C7H12O4S/c1-5(4-6(8)9)7(10)11-2-3-12/h5,12H,2-4H2,1H3,(H,8,9). The molecule has 0 spiro atoms. The maximum Gasteiger partial charge on any atom is 0.309 e. The molecular weight excluding hydrogens is 180 g/mol. The van der Waals surface area contributed by atoms with Crippen molar-refractivity contribution in [3.05, 3.63) is 0 Å². The zero-order chi connectivity index (χ0) is 9.56. The third-order valence-electron chi connectivity index (χ3n) is 1.22. The van der Waals surface area contributed by atoms with Crippen molar-refractivity contribution < 1.29 is 19.4 Å². The fourth-order valence-corrected chi connectivity index (χ4v) is 0.725. The normalized spacial score (nSPS) is 12.2. The smallest absolute Gasteiger partial charge is 0.309 e. The number of rotatable bonds is 5. The molecule has 0 aliphatic carbocycles. The Balaban J connectivity index is 3.69. The van der Waals surface area contributed by atoms with E-state index in [1.807, 2.05) is 0 Å². The molecule has 0 saturated carbocycles. The maximum absolute atomic E-state index is 10.9. The molecule has 0 bridgehead atoms. The molecule has 4 nitrogen and oxygen atoms in total. The average molecular weight is 192 g/mol. The summed E-state index contributed by atoms with van der Waals surface area (Å²) < 4.78 is 4.68. The first-order valence-electron chi connectivity index (χ1n) is 3.57. The molecular formula is C7H12O4S. The predicted octanol–water partition coefficient (Wildman–Crippen LogP) is 0.570. The van der Waals surface area contributed by atoms with E-state index in [0.717, 1.165) is 0 Å². The number of carbonyl (C=O) groups excluding carboxylic acids is 1. The van der Waals surface area contributed by atoms with Crippen molar-refractivity contribution in [3.8, 4) is 0 Å². The Morgan fingerprint density at radius 3 is 2.58 bits per heavy atom. The first-order valence-corrected chi connectivity index (χ1v) is 4.20. The molecule has 70 valence electrons. The Hall–Kier alpha value is -0.710. The summed E-state index contributed by atoms with van der Waals surface area (Å²) in [5, 5.41) is 8.34. The van der Waals surface area contributed by atoms with Crippen molar-refractivity contribution in [2.45, 2.75) is 13.3 Å². The zero-order valence-electron chi connectivity index (χ0n) is 6.82. The van der Waals surface area contributed by atoms with Gasteiger partial charge in [0, 0.05) is 5.75 Å². The van der Waals surface area contributed by atoms with E-state index in [0.29, 0.717) is 5.75 Å². The fourth-order valence-electron chi connectivity index (χ4n) is 0.634. The van der Waals surface area contributed by atoms with Crippen LogP contribution in [0.1, 0.15) is 13.3 Å². The minimum absolute atomic E-state index is 0.189. The first kappa shape index (κ1) is 11.3. The van der Waals surface area contributed by atoms with Crippen LogP contribution in [0, 0.1) is 5.92 Å². The van der Waals surface area contributed by atoms with Gasteiger partial charge in [0.25, 0.3) is 0 Å². The molecule has 1 unspecified atom stereocenters. The lowest BCUT2D eigenvalue weighted by molar-refractivity contribution is -0.151. The number of thiol groups is 1. The van der Waals surface area contributed by atoms with Crippen LogP contribution in [-0.2, 0) is 14.3 Å². The van der Waals surface area contributed by atoms with Crippen LogP contribution in [0.4, 0.5) is 0 Å². The van der Waals surface area contributed by atoms with Crippen molar-refractivity contribution in [1.29, 1.82) is 0 Å². The van der Waals surface area contributed by atoms with Gasteiger partial charge in [-0.1, -0.05) is 6.92 Å². The molecule has 0 amide bonds. The molecule has 0 aromatic heterocycles. The summed E-state index contributed by atoms with van der Waals surface area (Å²) in [4.78, 5) is 21.1. The molecule has 1 atom stereocenters. The SMILES string of the molecule is CC(CC(=O)O)C(=O)OCCS. The minimum Gasteiger partial charge on any atom is -0.481 e. The van der Waals surface area contributed by atoms with E-state index in [1.165, 1.54) is 6.92 Å². The van der Waals surface area contributed by atoms with E-state index in [4.69, 9.17) is 5.11 Å². The molecule has 0 aliphatic heterocycles. The Kier molecular flexibility index (Phi) is 5.53. The topological polar surface area (TPSA) is 63.6 Å². The Bertz CT molecular complexity index is 169. The van der Waals surface area contributed by atoms with Gasteiger partial charge in [-0.2, -0.15) is 12.6 Å². The third-order valence-corrected chi connectivity index (χ3v) is 1.40. The molecule has 0 fully saturated rings. The van der Waals surface area contributed by atoms with Gasteiger partial charge in [-0.05, 0) is 0 Å². The summed E-state index contributed by atoms with van der Waals surface area (Å²) in [5.41, 5.74) is 0. The van der Waals surface area contributed by atoms with Crippen LogP contribution in [0.5, 0.6) is 0 Å². The average Bonchev–Trinajstić information content (AvgIpc) is 1.98. The van der Waals surface area contributed by atoms with Crippen molar-refractivity contribution in [2.75, 3.05) is 12.4 Å². The van der Waals surface area contributed by atoms with Crippen LogP contribution >= 0.6 is 12.6 Å². The van der Waals surface area contributed by atoms with E-state index in [1.54, 1.807) is 0 Å². The molecule has 12 heavy (non-hydrogen) atoms. The van der Waals surface area contributed by atoms with E-state index < -0.39 is 17.9 Å². The van der Waals surface area contributed by atoms with Crippen LogP contribution in [0.15, 0.2) is 0 Å². The fraction of sp³-hybridized carbons (Fsp3) is 0.714. The first-order chi connectivity index (χ1) is 5.57. The van der Waals surface area contributed by atoms with Crippen molar-refractivity contribution >= 4 is 24.6 Å². The van der Waals surface area contributed by atoms with Crippen LogP contribution < -0.4 is 0 Å². The second-order valence-electron chi connectivity index (χ2n) is 2.39. The maximum atomic E-state index is 10.9. The van der Waals surface area contributed by atoms with Crippen LogP contribution in [0.25, 0.3) is 0 Å². The van der Waals surface area contributed by atoms with Gasteiger partial charge >= 0.3 is 11.9 Å². The molecule has 0 rings (SSSR count). The van der Waals surface area contributed by atoms with Gasteiger partial charge in [-0.25, -0.2) is 0 Å². The number of ether oxygens (including phenoxy) is 1. The lowest BCUT2D eigenvalue weighted by Gasteiger charge is -2.07. The van der Waals surface area contributed by atoms with Gasteiger partial charge in [-0.3, -0.25) is 9.59 Å². The lowest BCUT2D eigenvalue weighted by atomic mass is 10.1. The second-order valence-corrected chi connectivity index (χ2v) is 2.84. The second kappa shape index (κ2) is 5.88. The van der Waals surface area contributed by atoms with Gasteiger partial charge in [0.05, 0.1) is 12.3 Å². The summed E-state index contributed by atoms with van der Waals surface area (Å²) in [6, 6.07) is 0. The minimum atomic E-state index is -0.995. The highest BCUT2D eigenvalue weighted by atomic mass is 32.1. The quantitative estimate of drug-likeness (QED) is 0.494. The highest BCUT2D eigenvalue weighted by Crippen LogP contribution is 2.04. The molecule has 0 aromatic carbocycles. The summed E-state index contributed by atoms with van der Waals surface area (Å²) in [6.45, 7) is 1.75. The summed E-state index contributed by atoms with van der Waals surface area (Å²) in [6.07, 6.45) is -0.189. The highest BCUT2D eigenvalue weighted by Gasteiger charge is 2.17. The van der Waals surface area contributed by atoms with Gasteiger partial charge in [0.1, 0.15) is 6.61 Å². The number of aliphatic carboxylic acids is 1. The third kappa shape index (κ3) is 5.01. The Morgan fingerprint density at radius 2 is 2.17 bits per heavy atom. The molecule has 0 saturated heterocycles. The number of carboxylic acids is 1. The van der Waals surface area contributed by atoms with Crippen molar-refractivity contribution in [1.82, 2.24) is 0 Å². The number of carboxylic acid groups (broad SMARTS) is 1. The zero-order valence-corrected chi connectivity index (χ0v) is 7.71. The van der Waals surface area contributed by atoms with Crippen LogP contribution in [0.3, 0.4) is 0 Å². The van der Waals surface area contributed by atoms with Gasteiger partial charge in [-0.15, -0.1) is 0 Å². The number of hydrogen-bond donors (Lipinski definition) is 2. The van der Waals surface area contributed by atoms with Gasteiger partial charge in [0.15, 0.2) is 0 Å². The van der Waals surface area contributed by atoms with E-state index in [2.05, 4.69) is 17.4 Å². The Morgan fingerprint density at radius 1 is 1.58 bits per heavy atom. The van der Waals surface area contributed by atoms with Gasteiger partial charge < -0.3 is 9.84 Å². The molecule has 0 heterocycles. The van der Waals surface area contributed by atoms with Gasteiger partial charge in [0.2, 0.25) is 0 Å². The summed E-state index contributed by atoms with van der Waals surface area (Å²) in [5.74, 6) is -1.61. The predicted molar refractivity (Wildman–Crippen MR) is 46.2 cm³/mol. The van der Waals surface area contributed by atoms with E-state index in [9.17, 15) is 9.59 Å². The molecule has 0 aliphatic rings. The molecule has 0 aromatic rings. The molecule has 5 heteroatoms. The number of hydrogen-bond acceptors (Lipinski definition) is 4. The Labute approximate surface area is 76.3 Å². The molecule has 1 N–H and O–H groups in total. The lowest BCUT2D eigenvalue weighted by Crippen LogP contribution is -2.18.